The van der Waals surface area contributed by atoms with Crippen LogP contribution in [0.5, 0.6) is 0 Å². The second-order valence-corrected chi connectivity index (χ2v) is 10.6. The van der Waals surface area contributed by atoms with Crippen LogP contribution >= 0.6 is 0 Å². The summed E-state index contributed by atoms with van der Waals surface area (Å²) in [4.78, 5) is 16.0. The summed E-state index contributed by atoms with van der Waals surface area (Å²) in [5.74, 6) is 0.170. The van der Waals surface area contributed by atoms with E-state index in [1.807, 2.05) is 32.0 Å². The molecule has 1 aliphatic rings. The molecule has 3 rings (SSSR count). The van der Waals surface area contributed by atoms with Gasteiger partial charge >= 0.3 is 0 Å². The lowest BCUT2D eigenvalue weighted by Gasteiger charge is -2.25. The van der Waals surface area contributed by atoms with Crippen molar-refractivity contribution in [2.45, 2.75) is 63.9 Å². The SMILES string of the molecule is CCCCNS(=O)(=O)c1cc2cc(CC3C(=N)NC(C)(CC(C)C)C3=O)ccc2[nH]1. The smallest absolute Gasteiger partial charge is 0.256 e. The maximum Gasteiger partial charge on any atom is 0.256 e. The molecule has 2 aromatic rings. The first kappa shape index (κ1) is 22.5. The van der Waals surface area contributed by atoms with E-state index in [1.165, 1.54) is 0 Å². The van der Waals surface area contributed by atoms with E-state index in [9.17, 15) is 13.2 Å². The van der Waals surface area contributed by atoms with Gasteiger partial charge < -0.3 is 10.3 Å². The van der Waals surface area contributed by atoms with Crippen LogP contribution in [0.25, 0.3) is 10.9 Å². The molecule has 0 amide bonds. The first-order chi connectivity index (χ1) is 14.1. The van der Waals surface area contributed by atoms with Gasteiger partial charge in [0.1, 0.15) is 10.9 Å². The average Bonchev–Trinajstić information content (AvgIpc) is 3.16. The van der Waals surface area contributed by atoms with Gasteiger partial charge in [-0.15, -0.1) is 0 Å². The highest BCUT2D eigenvalue weighted by molar-refractivity contribution is 7.89. The summed E-state index contributed by atoms with van der Waals surface area (Å²) in [5, 5.41) is 12.3. The number of hydrogen-bond donors (Lipinski definition) is 4. The minimum absolute atomic E-state index is 0.0544. The Morgan fingerprint density at radius 2 is 2.00 bits per heavy atom. The zero-order valence-electron chi connectivity index (χ0n) is 18.1. The topological polar surface area (TPSA) is 115 Å². The summed E-state index contributed by atoms with van der Waals surface area (Å²) in [6.07, 6.45) is 2.82. The number of aromatic amines is 1. The summed E-state index contributed by atoms with van der Waals surface area (Å²) in [5.41, 5.74) is 0.938. The largest absolute Gasteiger partial charge is 0.361 e. The Hall–Kier alpha value is -2.19. The molecule has 1 aromatic carbocycles. The highest BCUT2D eigenvalue weighted by atomic mass is 32.2. The molecule has 4 N–H and O–H groups in total. The molecule has 7 nitrogen and oxygen atoms in total. The van der Waals surface area contributed by atoms with Crippen LogP contribution in [0.15, 0.2) is 29.3 Å². The third kappa shape index (κ3) is 4.59. The van der Waals surface area contributed by atoms with E-state index in [0.29, 0.717) is 25.3 Å². The number of rotatable bonds is 9. The van der Waals surface area contributed by atoms with Gasteiger partial charge in [-0.1, -0.05) is 33.3 Å². The zero-order valence-corrected chi connectivity index (χ0v) is 18.9. The summed E-state index contributed by atoms with van der Waals surface area (Å²) in [6, 6.07) is 7.24. The fourth-order valence-electron chi connectivity index (χ4n) is 4.25. The number of nitrogens with one attached hydrogen (secondary N) is 4. The zero-order chi connectivity index (χ0) is 22.1. The fourth-order valence-corrected chi connectivity index (χ4v) is 5.34. The molecule has 1 aliphatic heterocycles. The fraction of sp³-hybridized carbons (Fsp3) is 0.545. The van der Waals surface area contributed by atoms with Crippen LogP contribution in [0, 0.1) is 17.2 Å². The Kier molecular flexibility index (Phi) is 6.38. The average molecular weight is 433 g/mol. The predicted molar refractivity (Wildman–Crippen MR) is 119 cm³/mol. The van der Waals surface area contributed by atoms with Crippen molar-refractivity contribution in [3.8, 4) is 0 Å². The molecule has 30 heavy (non-hydrogen) atoms. The molecule has 1 fully saturated rings. The minimum Gasteiger partial charge on any atom is -0.361 e. The van der Waals surface area contributed by atoms with Crippen LogP contribution in [-0.4, -0.2) is 37.1 Å². The second-order valence-electron chi connectivity index (χ2n) is 8.90. The maximum atomic E-state index is 13.0. The van der Waals surface area contributed by atoms with E-state index in [2.05, 4.69) is 28.9 Å². The number of sulfonamides is 1. The molecular weight excluding hydrogens is 400 g/mol. The molecule has 0 spiro atoms. The van der Waals surface area contributed by atoms with Gasteiger partial charge in [-0.05, 0) is 55.9 Å². The van der Waals surface area contributed by atoms with E-state index in [4.69, 9.17) is 5.41 Å². The number of unbranched alkanes of at least 4 members (excludes halogenated alkanes) is 1. The molecule has 8 heteroatoms. The number of H-pyrrole nitrogens is 1. The number of ketones is 1. The summed E-state index contributed by atoms with van der Waals surface area (Å²) < 4.78 is 27.5. The van der Waals surface area contributed by atoms with E-state index >= 15 is 0 Å². The first-order valence-corrected chi connectivity index (χ1v) is 12.1. The maximum absolute atomic E-state index is 13.0. The Labute approximate surface area is 178 Å². The Morgan fingerprint density at radius 3 is 2.67 bits per heavy atom. The van der Waals surface area contributed by atoms with E-state index in [1.54, 1.807) is 6.07 Å². The van der Waals surface area contributed by atoms with Crippen molar-refractivity contribution in [3.05, 3.63) is 29.8 Å². The van der Waals surface area contributed by atoms with Gasteiger partial charge in [-0.25, -0.2) is 13.1 Å². The summed E-state index contributed by atoms with van der Waals surface area (Å²) >= 11 is 0. The van der Waals surface area contributed by atoms with Gasteiger partial charge in [0.15, 0.2) is 5.78 Å². The van der Waals surface area contributed by atoms with Crippen molar-refractivity contribution in [2.24, 2.45) is 11.8 Å². The van der Waals surface area contributed by atoms with Crippen LogP contribution < -0.4 is 10.0 Å². The monoisotopic (exact) mass is 432 g/mol. The molecular formula is C22H32N4O3S. The van der Waals surface area contributed by atoms with Crippen LogP contribution in [0.2, 0.25) is 0 Å². The van der Waals surface area contributed by atoms with Gasteiger partial charge in [0.05, 0.1) is 11.5 Å². The lowest BCUT2D eigenvalue weighted by atomic mass is 9.83. The van der Waals surface area contributed by atoms with Crippen molar-refractivity contribution in [3.63, 3.8) is 0 Å². The highest BCUT2D eigenvalue weighted by Crippen LogP contribution is 2.30. The van der Waals surface area contributed by atoms with Gasteiger partial charge in [-0.3, -0.25) is 10.2 Å². The van der Waals surface area contributed by atoms with Crippen LogP contribution in [0.3, 0.4) is 0 Å². The Morgan fingerprint density at radius 1 is 1.27 bits per heavy atom. The van der Waals surface area contributed by atoms with Crippen molar-refractivity contribution in [1.82, 2.24) is 15.0 Å². The number of benzene rings is 1. The molecule has 1 saturated heterocycles. The standard InChI is InChI=1S/C22H32N4O3S/c1-5-6-9-24-30(28,29)19-12-16-10-15(7-8-18(16)25-19)11-17-20(27)22(4,13-14(2)3)26-21(17)23/h7-8,10,12,14,17,24-25H,5-6,9,11,13H2,1-4H3,(H2,23,26). The third-order valence-corrected chi connectivity index (χ3v) is 7.03. The van der Waals surface area contributed by atoms with Gasteiger partial charge in [-0.2, -0.15) is 0 Å². The van der Waals surface area contributed by atoms with Crippen molar-refractivity contribution < 1.29 is 13.2 Å². The summed E-state index contributed by atoms with van der Waals surface area (Å²) in [6.45, 7) is 8.43. The molecule has 0 radical (unpaired) electrons. The predicted octanol–water partition coefficient (Wildman–Crippen LogP) is 3.36. The lowest BCUT2D eigenvalue weighted by Crippen LogP contribution is -2.44. The molecule has 2 heterocycles. The Balaban J connectivity index is 1.80. The number of aromatic nitrogens is 1. The third-order valence-electron chi connectivity index (χ3n) is 5.65. The van der Waals surface area contributed by atoms with Crippen LogP contribution in [0.4, 0.5) is 0 Å². The van der Waals surface area contributed by atoms with Gasteiger partial charge in [0.25, 0.3) is 10.0 Å². The second kappa shape index (κ2) is 8.51. The molecule has 1 aromatic heterocycles. The lowest BCUT2D eigenvalue weighted by molar-refractivity contribution is -0.125. The van der Waals surface area contributed by atoms with E-state index in [0.717, 1.165) is 29.3 Å². The van der Waals surface area contributed by atoms with Crippen LogP contribution in [-0.2, 0) is 21.2 Å². The quantitative estimate of drug-likeness (QED) is 0.455. The number of Topliss-reactive ketones (excluding diaryl/α,β-unsaturated/α-hetero) is 1. The first-order valence-electron chi connectivity index (χ1n) is 10.6. The number of carbonyl (C=O) groups is 1. The number of carbonyl (C=O) groups excluding carboxylic acids is 1. The molecule has 164 valence electrons. The van der Waals surface area contributed by atoms with Crippen LogP contribution in [0.1, 0.15) is 52.5 Å². The Bertz CT molecular complexity index is 1060. The molecule has 2 unspecified atom stereocenters. The number of fused-ring (bicyclic) bond motifs is 1. The van der Waals surface area contributed by atoms with Crippen molar-refractivity contribution in [2.75, 3.05) is 6.54 Å². The highest BCUT2D eigenvalue weighted by Gasteiger charge is 2.47. The van der Waals surface area contributed by atoms with Crippen molar-refractivity contribution in [1.29, 1.82) is 5.41 Å². The summed E-state index contributed by atoms with van der Waals surface area (Å²) in [7, 11) is -3.58. The molecule has 2 atom stereocenters. The molecule has 0 bridgehead atoms. The number of amidine groups is 1. The van der Waals surface area contributed by atoms with E-state index in [-0.39, 0.29) is 16.6 Å². The normalized spacial score (nSPS) is 22.2. The van der Waals surface area contributed by atoms with Gasteiger partial charge in [0, 0.05) is 17.4 Å². The van der Waals surface area contributed by atoms with E-state index < -0.39 is 21.5 Å². The molecule has 0 aliphatic carbocycles. The van der Waals surface area contributed by atoms with Gasteiger partial charge in [0.2, 0.25) is 0 Å². The number of hydrogen-bond acceptors (Lipinski definition) is 4. The minimum atomic E-state index is -3.58. The molecule has 0 saturated carbocycles. The van der Waals surface area contributed by atoms with Crippen molar-refractivity contribution >= 4 is 32.5 Å².